The average Bonchev–Trinajstić information content (AvgIpc) is 3.98. The minimum atomic E-state index is -0.371. The van der Waals surface area contributed by atoms with Crippen molar-refractivity contribution in [3.63, 3.8) is 0 Å². The molecule has 0 saturated carbocycles. The van der Waals surface area contributed by atoms with Crippen LogP contribution < -0.4 is 0 Å². The normalized spacial score (nSPS) is 13.0. The molecular formula is C58H35N3O. The molecule has 62 heavy (non-hydrogen) atoms. The summed E-state index contributed by atoms with van der Waals surface area (Å²) in [5.74, 6) is 1.84. The molecule has 0 bridgehead atoms. The van der Waals surface area contributed by atoms with Crippen molar-refractivity contribution < 1.29 is 4.42 Å². The van der Waals surface area contributed by atoms with E-state index in [0.717, 1.165) is 60.9 Å². The fourth-order valence-corrected chi connectivity index (χ4v) is 10.3. The van der Waals surface area contributed by atoms with Crippen LogP contribution >= 0.6 is 0 Å². The second kappa shape index (κ2) is 13.4. The molecule has 1 spiro atoms. The molecule has 11 aromatic rings. The van der Waals surface area contributed by atoms with E-state index >= 15 is 0 Å². The van der Waals surface area contributed by atoms with Crippen LogP contribution in [0.25, 0.3) is 101 Å². The van der Waals surface area contributed by atoms with Gasteiger partial charge in [-0.25, -0.2) is 15.0 Å². The molecule has 0 radical (unpaired) electrons. The Morgan fingerprint density at radius 3 is 1.44 bits per heavy atom. The number of rotatable bonds is 5. The lowest BCUT2D eigenvalue weighted by Crippen LogP contribution is -2.25. The lowest BCUT2D eigenvalue weighted by molar-refractivity contribution is 0.670. The Labute approximate surface area is 358 Å². The van der Waals surface area contributed by atoms with Crippen LogP contribution in [0.1, 0.15) is 22.3 Å². The molecule has 0 N–H and O–H groups in total. The Balaban J connectivity index is 0.934. The van der Waals surface area contributed by atoms with E-state index in [2.05, 4.69) is 170 Å². The van der Waals surface area contributed by atoms with Gasteiger partial charge in [-0.15, -0.1) is 0 Å². The first-order chi connectivity index (χ1) is 30.7. The third-order valence-corrected chi connectivity index (χ3v) is 13.0. The summed E-state index contributed by atoms with van der Waals surface area (Å²) >= 11 is 0. The summed E-state index contributed by atoms with van der Waals surface area (Å²) in [5.41, 5.74) is 18.9. The molecule has 2 aliphatic rings. The van der Waals surface area contributed by atoms with Crippen molar-refractivity contribution in [1.29, 1.82) is 0 Å². The highest BCUT2D eigenvalue weighted by atomic mass is 16.3. The highest BCUT2D eigenvalue weighted by molar-refractivity contribution is 6.09. The lowest BCUT2D eigenvalue weighted by Gasteiger charge is -2.30. The highest BCUT2D eigenvalue weighted by Gasteiger charge is 2.51. The second-order valence-electron chi connectivity index (χ2n) is 16.3. The number of furan rings is 1. The number of benzene rings is 9. The van der Waals surface area contributed by atoms with Gasteiger partial charge in [0.25, 0.3) is 0 Å². The number of nitrogens with zero attached hydrogens (tertiary/aromatic N) is 3. The molecular weight excluding hydrogens is 755 g/mol. The summed E-state index contributed by atoms with van der Waals surface area (Å²) in [6.07, 6.45) is 0. The predicted octanol–water partition coefficient (Wildman–Crippen LogP) is 14.4. The maximum Gasteiger partial charge on any atom is 0.164 e. The SMILES string of the molecule is c1ccc(-c2nc(-c3cccc(-c4ccc5c(c4)-c4ccccc4C54c5ccccc5-c5ccccc54)c3)nc(-c3cccc(-c4cccc5c4oc4ccccc45)c3)n2)cc1. The molecule has 13 rings (SSSR count). The van der Waals surface area contributed by atoms with Crippen LogP contribution in [-0.4, -0.2) is 15.0 Å². The van der Waals surface area contributed by atoms with E-state index in [-0.39, 0.29) is 5.41 Å². The van der Waals surface area contributed by atoms with Gasteiger partial charge in [-0.3, -0.25) is 0 Å². The molecule has 0 unspecified atom stereocenters. The quantitative estimate of drug-likeness (QED) is 0.174. The minimum absolute atomic E-state index is 0.371. The predicted molar refractivity (Wildman–Crippen MR) is 251 cm³/mol. The molecule has 4 heteroatoms. The average molecular weight is 790 g/mol. The van der Waals surface area contributed by atoms with Gasteiger partial charge in [0.05, 0.1) is 5.41 Å². The zero-order valence-electron chi connectivity index (χ0n) is 33.5. The topological polar surface area (TPSA) is 51.8 Å². The van der Waals surface area contributed by atoms with Crippen molar-refractivity contribution >= 4 is 21.9 Å². The Kier molecular flexibility index (Phi) is 7.49. The van der Waals surface area contributed by atoms with Crippen LogP contribution in [-0.2, 0) is 5.41 Å². The van der Waals surface area contributed by atoms with E-state index in [1.54, 1.807) is 0 Å². The summed E-state index contributed by atoms with van der Waals surface area (Å²) < 4.78 is 6.44. The van der Waals surface area contributed by atoms with Gasteiger partial charge in [0.2, 0.25) is 0 Å². The largest absolute Gasteiger partial charge is 0.455 e. The van der Waals surface area contributed by atoms with Gasteiger partial charge in [0.1, 0.15) is 11.2 Å². The fraction of sp³-hybridized carbons (Fsp3) is 0.0172. The van der Waals surface area contributed by atoms with Crippen molar-refractivity contribution in [2.24, 2.45) is 0 Å². The van der Waals surface area contributed by atoms with E-state index in [1.807, 2.05) is 42.5 Å². The molecule has 2 aromatic heterocycles. The zero-order valence-corrected chi connectivity index (χ0v) is 33.5. The maximum absolute atomic E-state index is 6.44. The first kappa shape index (κ1) is 34.6. The molecule has 4 nitrogen and oxygen atoms in total. The van der Waals surface area contributed by atoms with Crippen molar-refractivity contribution in [3.8, 4) is 78.7 Å². The van der Waals surface area contributed by atoms with Crippen LogP contribution in [0, 0.1) is 0 Å². The Morgan fingerprint density at radius 2 is 0.742 bits per heavy atom. The van der Waals surface area contributed by atoms with E-state index in [0.29, 0.717) is 17.5 Å². The van der Waals surface area contributed by atoms with Gasteiger partial charge < -0.3 is 4.42 Å². The summed E-state index contributed by atoms with van der Waals surface area (Å²) in [5, 5.41) is 2.20. The van der Waals surface area contributed by atoms with E-state index in [4.69, 9.17) is 19.4 Å². The van der Waals surface area contributed by atoms with Gasteiger partial charge in [-0.05, 0) is 85.5 Å². The zero-order chi connectivity index (χ0) is 40.8. The number of fused-ring (bicyclic) bond motifs is 13. The van der Waals surface area contributed by atoms with Crippen molar-refractivity contribution in [1.82, 2.24) is 15.0 Å². The van der Waals surface area contributed by atoms with E-state index < -0.39 is 0 Å². The third kappa shape index (κ3) is 5.04. The fourth-order valence-electron chi connectivity index (χ4n) is 10.3. The van der Waals surface area contributed by atoms with Crippen LogP contribution in [0.3, 0.4) is 0 Å². The van der Waals surface area contributed by atoms with Gasteiger partial charge in [-0.1, -0.05) is 188 Å². The first-order valence-electron chi connectivity index (χ1n) is 21.1. The summed E-state index contributed by atoms with van der Waals surface area (Å²) in [4.78, 5) is 15.4. The number of hydrogen-bond acceptors (Lipinski definition) is 4. The molecule has 2 heterocycles. The molecule has 0 fully saturated rings. The third-order valence-electron chi connectivity index (χ3n) is 13.0. The Hall–Kier alpha value is -8.21. The Morgan fingerprint density at radius 1 is 0.290 bits per heavy atom. The smallest absolute Gasteiger partial charge is 0.164 e. The monoisotopic (exact) mass is 789 g/mol. The van der Waals surface area contributed by atoms with Crippen LogP contribution in [0.5, 0.6) is 0 Å². The summed E-state index contributed by atoms with van der Waals surface area (Å²) in [6, 6.07) is 75.6. The van der Waals surface area contributed by atoms with Gasteiger partial charge in [0, 0.05) is 33.0 Å². The van der Waals surface area contributed by atoms with Crippen molar-refractivity contribution in [2.75, 3.05) is 0 Å². The molecule has 0 amide bonds. The number of para-hydroxylation sites is 2. The van der Waals surface area contributed by atoms with Gasteiger partial charge in [0.15, 0.2) is 17.5 Å². The highest BCUT2D eigenvalue weighted by Crippen LogP contribution is 2.63. The minimum Gasteiger partial charge on any atom is -0.455 e. The molecule has 0 atom stereocenters. The van der Waals surface area contributed by atoms with Crippen LogP contribution in [0.4, 0.5) is 0 Å². The lowest BCUT2D eigenvalue weighted by atomic mass is 9.70. The maximum atomic E-state index is 6.44. The summed E-state index contributed by atoms with van der Waals surface area (Å²) in [6.45, 7) is 0. The second-order valence-corrected chi connectivity index (χ2v) is 16.3. The van der Waals surface area contributed by atoms with Crippen molar-refractivity contribution in [3.05, 3.63) is 235 Å². The molecule has 9 aromatic carbocycles. The van der Waals surface area contributed by atoms with E-state index in [1.165, 1.54) is 44.5 Å². The molecule has 288 valence electrons. The first-order valence-corrected chi connectivity index (χ1v) is 21.1. The number of aromatic nitrogens is 3. The van der Waals surface area contributed by atoms with E-state index in [9.17, 15) is 0 Å². The summed E-state index contributed by atoms with van der Waals surface area (Å²) in [7, 11) is 0. The van der Waals surface area contributed by atoms with Crippen LogP contribution in [0.2, 0.25) is 0 Å². The molecule has 0 aliphatic heterocycles. The standard InChI is InChI=1S/C58H35N3O/c1-2-15-36(16-3-1)55-59-56(61-57(60-55)41-20-13-18-39(34-41)42-25-14-26-47-46-24-7-11-30-53(46)62-54(42)47)40-19-12-17-37(33-40)38-31-32-52-48(35-38)45-23-6-10-29-51(45)58(52)49-27-8-4-21-43(49)44-22-5-9-28-50(44)58/h1-35H. The van der Waals surface area contributed by atoms with Crippen molar-refractivity contribution in [2.45, 2.75) is 5.41 Å². The van der Waals surface area contributed by atoms with Gasteiger partial charge in [-0.2, -0.15) is 0 Å². The van der Waals surface area contributed by atoms with Crippen LogP contribution in [0.15, 0.2) is 217 Å². The van der Waals surface area contributed by atoms with Gasteiger partial charge >= 0.3 is 0 Å². The molecule has 2 aliphatic carbocycles. The Bertz CT molecular complexity index is 3560. The molecule has 0 saturated heterocycles. The number of hydrogen-bond donors (Lipinski definition) is 0.